The van der Waals surface area contributed by atoms with E-state index in [0.717, 1.165) is 22.6 Å². The highest BCUT2D eigenvalue weighted by Crippen LogP contribution is 2.20. The van der Waals surface area contributed by atoms with Gasteiger partial charge in [0, 0.05) is 17.5 Å². The van der Waals surface area contributed by atoms with E-state index in [0.29, 0.717) is 0 Å². The fraction of sp³-hybridized carbons (Fsp3) is 0.176. The predicted octanol–water partition coefficient (Wildman–Crippen LogP) is 4.39. The second-order valence-electron chi connectivity index (χ2n) is 4.77. The molecule has 0 radical (unpaired) electrons. The Labute approximate surface area is 137 Å². The van der Waals surface area contributed by atoms with Gasteiger partial charge in [-0.1, -0.05) is 30.3 Å². The van der Waals surface area contributed by atoms with Crippen molar-refractivity contribution < 1.29 is 0 Å². The van der Waals surface area contributed by atoms with Crippen molar-refractivity contribution in [2.24, 2.45) is 10.1 Å². The average Bonchev–Trinajstić information content (AvgIpc) is 3.13. The highest BCUT2D eigenvalue weighted by Gasteiger charge is 2.06. The molecule has 0 saturated heterocycles. The SMILES string of the molecule is CCN=c1scc(-c2ccccc2)n1N=Cc1sccc1C. The van der Waals surface area contributed by atoms with E-state index in [4.69, 9.17) is 0 Å². The first kappa shape index (κ1) is 14.9. The van der Waals surface area contributed by atoms with Crippen LogP contribution in [0.15, 0.2) is 57.3 Å². The summed E-state index contributed by atoms with van der Waals surface area (Å²) >= 11 is 3.33. The molecule has 0 N–H and O–H groups in total. The number of nitrogens with zero attached hydrogens (tertiary/aromatic N) is 3. The third-order valence-electron chi connectivity index (χ3n) is 3.24. The molecule has 0 aliphatic rings. The first-order valence-electron chi connectivity index (χ1n) is 7.14. The Morgan fingerprint density at radius 2 is 1.95 bits per heavy atom. The van der Waals surface area contributed by atoms with Gasteiger partial charge in [-0.2, -0.15) is 5.10 Å². The minimum Gasteiger partial charge on any atom is -0.258 e. The fourth-order valence-electron chi connectivity index (χ4n) is 2.09. The van der Waals surface area contributed by atoms with Crippen molar-refractivity contribution in [2.45, 2.75) is 13.8 Å². The van der Waals surface area contributed by atoms with Gasteiger partial charge in [0.15, 0.2) is 0 Å². The second kappa shape index (κ2) is 6.85. The Hall–Kier alpha value is -1.98. The first-order valence-corrected chi connectivity index (χ1v) is 8.90. The zero-order valence-electron chi connectivity index (χ0n) is 12.6. The molecule has 0 spiro atoms. The number of hydrogen-bond acceptors (Lipinski definition) is 4. The summed E-state index contributed by atoms with van der Waals surface area (Å²) in [6, 6.07) is 12.4. The molecule has 0 atom stereocenters. The Morgan fingerprint density at radius 1 is 1.14 bits per heavy atom. The Kier molecular flexibility index (Phi) is 4.65. The number of aryl methyl sites for hydroxylation is 1. The van der Waals surface area contributed by atoms with Crippen LogP contribution >= 0.6 is 22.7 Å². The van der Waals surface area contributed by atoms with Crippen LogP contribution in [0.3, 0.4) is 0 Å². The molecule has 112 valence electrons. The van der Waals surface area contributed by atoms with Crippen LogP contribution in [0.5, 0.6) is 0 Å². The molecule has 2 heterocycles. The lowest BCUT2D eigenvalue weighted by Gasteiger charge is -2.03. The number of benzene rings is 1. The zero-order chi connectivity index (χ0) is 15.4. The molecule has 1 aromatic carbocycles. The van der Waals surface area contributed by atoms with Crippen molar-refractivity contribution >= 4 is 28.9 Å². The molecule has 0 unspecified atom stereocenters. The van der Waals surface area contributed by atoms with Crippen molar-refractivity contribution in [2.75, 3.05) is 6.54 Å². The van der Waals surface area contributed by atoms with Crippen LogP contribution in [0.2, 0.25) is 0 Å². The number of thiophene rings is 1. The lowest BCUT2D eigenvalue weighted by molar-refractivity contribution is 0.833. The maximum atomic E-state index is 4.68. The van der Waals surface area contributed by atoms with Crippen LogP contribution in [0.25, 0.3) is 11.3 Å². The van der Waals surface area contributed by atoms with Gasteiger partial charge in [0.1, 0.15) is 0 Å². The molecule has 0 bridgehead atoms. The third kappa shape index (κ3) is 3.10. The van der Waals surface area contributed by atoms with Gasteiger partial charge in [0.2, 0.25) is 4.80 Å². The van der Waals surface area contributed by atoms with E-state index in [1.807, 2.05) is 36.0 Å². The highest BCUT2D eigenvalue weighted by atomic mass is 32.1. The Bertz CT molecular complexity index is 838. The molecule has 0 amide bonds. The van der Waals surface area contributed by atoms with Gasteiger partial charge < -0.3 is 0 Å². The molecule has 5 heteroatoms. The molecule has 3 rings (SSSR count). The smallest absolute Gasteiger partial charge is 0.206 e. The Morgan fingerprint density at radius 3 is 2.64 bits per heavy atom. The van der Waals surface area contributed by atoms with E-state index < -0.39 is 0 Å². The van der Waals surface area contributed by atoms with Crippen LogP contribution < -0.4 is 4.80 Å². The molecule has 3 aromatic rings. The molecule has 0 saturated carbocycles. The summed E-state index contributed by atoms with van der Waals surface area (Å²) in [4.78, 5) is 6.65. The van der Waals surface area contributed by atoms with Gasteiger partial charge >= 0.3 is 0 Å². The van der Waals surface area contributed by atoms with Gasteiger partial charge in [-0.15, -0.1) is 22.7 Å². The van der Waals surface area contributed by atoms with Gasteiger partial charge in [0.05, 0.1) is 16.8 Å². The number of thiazole rings is 1. The van der Waals surface area contributed by atoms with Crippen LogP contribution in [0.4, 0.5) is 0 Å². The third-order valence-corrected chi connectivity index (χ3v) is 5.05. The minimum atomic E-state index is 0.752. The Balaban J connectivity index is 2.08. The summed E-state index contributed by atoms with van der Waals surface area (Å²) in [5.41, 5.74) is 3.47. The summed E-state index contributed by atoms with van der Waals surface area (Å²) in [7, 11) is 0. The molecule has 3 nitrogen and oxygen atoms in total. The lowest BCUT2D eigenvalue weighted by Crippen LogP contribution is -2.12. The molecular weight excluding hydrogens is 310 g/mol. The summed E-state index contributed by atoms with van der Waals surface area (Å²) in [6.45, 7) is 4.90. The van der Waals surface area contributed by atoms with Gasteiger partial charge in [-0.05, 0) is 30.9 Å². The molecule has 22 heavy (non-hydrogen) atoms. The van der Waals surface area contributed by atoms with E-state index in [1.54, 1.807) is 22.7 Å². The number of aromatic nitrogens is 1. The van der Waals surface area contributed by atoms with Crippen LogP contribution in [0, 0.1) is 6.92 Å². The maximum Gasteiger partial charge on any atom is 0.206 e. The fourth-order valence-corrected chi connectivity index (χ4v) is 3.77. The van der Waals surface area contributed by atoms with E-state index in [2.05, 4.69) is 46.0 Å². The molecule has 0 aliphatic heterocycles. The van der Waals surface area contributed by atoms with E-state index in [1.165, 1.54) is 10.4 Å². The largest absolute Gasteiger partial charge is 0.258 e. The molecule has 0 fully saturated rings. The summed E-state index contributed by atoms with van der Waals surface area (Å²) < 4.78 is 1.93. The second-order valence-corrected chi connectivity index (χ2v) is 6.55. The van der Waals surface area contributed by atoms with Crippen molar-refractivity contribution in [3.05, 3.63) is 62.4 Å². The van der Waals surface area contributed by atoms with Crippen LogP contribution in [-0.4, -0.2) is 17.4 Å². The van der Waals surface area contributed by atoms with Crippen molar-refractivity contribution in [1.82, 2.24) is 4.68 Å². The van der Waals surface area contributed by atoms with Crippen molar-refractivity contribution in [1.29, 1.82) is 0 Å². The summed E-state index contributed by atoms with van der Waals surface area (Å²) in [6.07, 6.45) is 1.92. The van der Waals surface area contributed by atoms with Gasteiger partial charge in [-0.3, -0.25) is 4.99 Å². The zero-order valence-corrected chi connectivity index (χ0v) is 14.2. The van der Waals surface area contributed by atoms with Crippen molar-refractivity contribution in [3.8, 4) is 11.3 Å². The number of hydrogen-bond donors (Lipinski definition) is 0. The number of rotatable bonds is 4. The predicted molar refractivity (Wildman–Crippen MR) is 95.9 cm³/mol. The molecular formula is C17H17N3S2. The van der Waals surface area contributed by atoms with E-state index >= 15 is 0 Å². The van der Waals surface area contributed by atoms with Gasteiger partial charge in [0.25, 0.3) is 0 Å². The standard InChI is InChI=1S/C17H17N3S2/c1-3-18-17-20(19-11-16-13(2)9-10-21-16)15(12-22-17)14-7-5-4-6-8-14/h4-12H,3H2,1-2H3. The highest BCUT2D eigenvalue weighted by molar-refractivity contribution is 7.11. The van der Waals surface area contributed by atoms with E-state index in [9.17, 15) is 0 Å². The molecule has 0 aliphatic carbocycles. The molecule has 2 aromatic heterocycles. The topological polar surface area (TPSA) is 29.6 Å². The summed E-state index contributed by atoms with van der Waals surface area (Å²) in [5.74, 6) is 0. The van der Waals surface area contributed by atoms with Crippen LogP contribution in [0.1, 0.15) is 17.4 Å². The lowest BCUT2D eigenvalue weighted by atomic mass is 10.2. The van der Waals surface area contributed by atoms with E-state index in [-0.39, 0.29) is 0 Å². The normalized spacial score (nSPS) is 12.4. The monoisotopic (exact) mass is 327 g/mol. The first-order chi connectivity index (χ1) is 10.8. The maximum absolute atomic E-state index is 4.68. The summed E-state index contributed by atoms with van der Waals surface area (Å²) in [5, 5.41) is 8.88. The van der Waals surface area contributed by atoms with Crippen LogP contribution in [-0.2, 0) is 0 Å². The minimum absolute atomic E-state index is 0.752. The quantitative estimate of drug-likeness (QED) is 0.636. The van der Waals surface area contributed by atoms with Crippen molar-refractivity contribution in [3.63, 3.8) is 0 Å². The average molecular weight is 327 g/mol. The van der Waals surface area contributed by atoms with Gasteiger partial charge in [-0.25, -0.2) is 4.68 Å².